The van der Waals surface area contributed by atoms with Crippen LogP contribution in [0.3, 0.4) is 0 Å². The van der Waals surface area contributed by atoms with E-state index in [1.165, 1.54) is 4.57 Å². The monoisotopic (exact) mass is 309 g/mol. The van der Waals surface area contributed by atoms with Gasteiger partial charge in [-0.05, 0) is 42.3 Å². The van der Waals surface area contributed by atoms with E-state index in [1.807, 2.05) is 18.2 Å². The van der Waals surface area contributed by atoms with Crippen LogP contribution in [0.2, 0.25) is 0 Å². The molecular weight excluding hydrogens is 294 g/mol. The summed E-state index contributed by atoms with van der Waals surface area (Å²) in [6, 6.07) is 9.01. The maximum Gasteiger partial charge on any atom is 0.267 e. The third-order valence-corrected chi connectivity index (χ3v) is 3.82. The summed E-state index contributed by atoms with van der Waals surface area (Å²) in [5.41, 5.74) is 6.64. The third kappa shape index (κ3) is 2.34. The number of hydrogen-bond donors (Lipinski definition) is 2. The number of rotatable bonds is 3. The van der Waals surface area contributed by atoms with Crippen molar-refractivity contribution in [2.24, 2.45) is 5.73 Å². The largest absolute Gasteiger partial charge is 0.506 e. The van der Waals surface area contributed by atoms with Gasteiger partial charge in [0.25, 0.3) is 11.5 Å². The highest BCUT2D eigenvalue weighted by Crippen LogP contribution is 2.30. The first kappa shape index (κ1) is 14.8. The van der Waals surface area contributed by atoms with Crippen LogP contribution in [0.1, 0.15) is 17.3 Å². The average molecular weight is 309 g/mol. The number of pyridine rings is 2. The molecule has 116 valence electrons. The molecule has 6 heteroatoms. The number of primary amides is 1. The second-order valence-electron chi connectivity index (χ2n) is 5.11. The summed E-state index contributed by atoms with van der Waals surface area (Å²) in [4.78, 5) is 27.9. The van der Waals surface area contributed by atoms with E-state index in [4.69, 9.17) is 5.73 Å². The van der Waals surface area contributed by atoms with E-state index in [-0.39, 0.29) is 11.3 Å². The highest BCUT2D eigenvalue weighted by atomic mass is 16.3. The molecule has 23 heavy (non-hydrogen) atoms. The zero-order valence-electron chi connectivity index (χ0n) is 12.5. The molecule has 3 aromatic rings. The molecule has 0 bridgehead atoms. The minimum Gasteiger partial charge on any atom is -0.506 e. The van der Waals surface area contributed by atoms with Crippen LogP contribution in [-0.4, -0.2) is 20.6 Å². The van der Waals surface area contributed by atoms with Gasteiger partial charge in [0.05, 0.1) is 5.52 Å². The number of fused-ring (bicyclic) bond motifs is 1. The fourth-order valence-electron chi connectivity index (χ4n) is 2.70. The van der Waals surface area contributed by atoms with E-state index in [9.17, 15) is 14.7 Å². The average Bonchev–Trinajstić information content (AvgIpc) is 2.55. The summed E-state index contributed by atoms with van der Waals surface area (Å²) in [5, 5.41) is 10.7. The van der Waals surface area contributed by atoms with Gasteiger partial charge in [0, 0.05) is 24.3 Å². The summed E-state index contributed by atoms with van der Waals surface area (Å²) in [6.07, 6.45) is 3.36. The first-order valence-corrected chi connectivity index (χ1v) is 7.14. The van der Waals surface area contributed by atoms with Crippen LogP contribution in [-0.2, 0) is 6.54 Å². The number of aryl methyl sites for hydroxylation is 1. The van der Waals surface area contributed by atoms with Gasteiger partial charge in [-0.1, -0.05) is 6.07 Å². The van der Waals surface area contributed by atoms with Crippen molar-refractivity contribution in [1.29, 1.82) is 0 Å². The van der Waals surface area contributed by atoms with Crippen molar-refractivity contribution in [3.8, 4) is 16.9 Å². The van der Waals surface area contributed by atoms with E-state index in [2.05, 4.69) is 4.98 Å². The maximum absolute atomic E-state index is 12.4. The van der Waals surface area contributed by atoms with E-state index >= 15 is 0 Å². The lowest BCUT2D eigenvalue weighted by Gasteiger charge is -2.13. The zero-order valence-corrected chi connectivity index (χ0v) is 12.5. The Kier molecular flexibility index (Phi) is 3.57. The summed E-state index contributed by atoms with van der Waals surface area (Å²) < 4.78 is 1.43. The van der Waals surface area contributed by atoms with Gasteiger partial charge in [0.15, 0.2) is 0 Å². The molecule has 0 unspecified atom stereocenters. The molecule has 3 rings (SSSR count). The minimum absolute atomic E-state index is 0.357. The van der Waals surface area contributed by atoms with Crippen LogP contribution in [0.15, 0.2) is 47.5 Å². The smallest absolute Gasteiger partial charge is 0.267 e. The number of hydrogen-bond acceptors (Lipinski definition) is 4. The zero-order chi connectivity index (χ0) is 16.6. The number of nitrogens with two attached hydrogens (primary N) is 1. The van der Waals surface area contributed by atoms with Crippen molar-refractivity contribution in [2.45, 2.75) is 13.5 Å². The summed E-state index contributed by atoms with van der Waals surface area (Å²) in [5.74, 6) is -1.31. The lowest BCUT2D eigenvalue weighted by molar-refractivity contribution is 0.0996. The number of nitrogens with zero attached hydrogens (tertiary/aromatic N) is 2. The second-order valence-corrected chi connectivity index (χ2v) is 5.11. The fourth-order valence-corrected chi connectivity index (χ4v) is 2.70. The molecule has 2 aromatic heterocycles. The predicted octanol–water partition coefficient (Wildman–Crippen LogP) is 1.89. The SMILES string of the molecule is CCn1c(=O)c(C(N)=O)c(O)c2ccc(-c3ccncc3)cc21. The quantitative estimate of drug-likeness (QED) is 0.772. The molecule has 2 heterocycles. The Bertz CT molecular complexity index is 962. The standard InChI is InChI=1S/C17H15N3O3/c1-2-20-13-9-11(10-5-7-19-8-6-10)3-4-12(13)15(21)14(16(18)22)17(20)23/h3-9,21H,2H2,1H3,(H2,18,22). The lowest BCUT2D eigenvalue weighted by atomic mass is 10.0. The van der Waals surface area contributed by atoms with Crippen molar-refractivity contribution < 1.29 is 9.90 Å². The van der Waals surface area contributed by atoms with Gasteiger partial charge < -0.3 is 15.4 Å². The van der Waals surface area contributed by atoms with Crippen LogP contribution in [0.5, 0.6) is 5.75 Å². The fraction of sp³-hybridized carbons (Fsp3) is 0.118. The van der Waals surface area contributed by atoms with Gasteiger partial charge >= 0.3 is 0 Å². The Morgan fingerprint density at radius 1 is 1.22 bits per heavy atom. The molecule has 1 amide bonds. The van der Waals surface area contributed by atoms with E-state index < -0.39 is 11.5 Å². The van der Waals surface area contributed by atoms with E-state index in [0.717, 1.165) is 11.1 Å². The van der Waals surface area contributed by atoms with Crippen molar-refractivity contribution in [1.82, 2.24) is 9.55 Å². The van der Waals surface area contributed by atoms with Gasteiger partial charge in [0.1, 0.15) is 11.3 Å². The first-order chi connectivity index (χ1) is 11.0. The molecule has 1 aromatic carbocycles. The molecule has 0 aliphatic carbocycles. The lowest BCUT2D eigenvalue weighted by Crippen LogP contribution is -2.29. The van der Waals surface area contributed by atoms with Crippen LogP contribution in [0.25, 0.3) is 22.0 Å². The Morgan fingerprint density at radius 3 is 2.52 bits per heavy atom. The number of aromatic hydroxyl groups is 1. The van der Waals surface area contributed by atoms with E-state index in [0.29, 0.717) is 17.4 Å². The predicted molar refractivity (Wildman–Crippen MR) is 87.3 cm³/mol. The van der Waals surface area contributed by atoms with Crippen molar-refractivity contribution in [3.63, 3.8) is 0 Å². The molecule has 0 aliphatic heterocycles. The minimum atomic E-state index is -0.935. The van der Waals surface area contributed by atoms with Gasteiger partial charge in [-0.3, -0.25) is 14.6 Å². The molecular formula is C17H15N3O3. The number of amides is 1. The van der Waals surface area contributed by atoms with Gasteiger partial charge in [-0.25, -0.2) is 0 Å². The maximum atomic E-state index is 12.4. The normalized spacial score (nSPS) is 10.8. The second kappa shape index (κ2) is 5.57. The van der Waals surface area contributed by atoms with Crippen molar-refractivity contribution in [3.05, 3.63) is 58.6 Å². The summed E-state index contributed by atoms with van der Waals surface area (Å²) in [6.45, 7) is 2.15. The molecule has 6 nitrogen and oxygen atoms in total. The molecule has 0 radical (unpaired) electrons. The number of carbonyl (C=O) groups is 1. The first-order valence-electron chi connectivity index (χ1n) is 7.14. The van der Waals surface area contributed by atoms with Crippen molar-refractivity contribution >= 4 is 16.8 Å². The molecule has 0 aliphatic rings. The Labute approximate surface area is 131 Å². The summed E-state index contributed by atoms with van der Waals surface area (Å²) in [7, 11) is 0. The number of benzene rings is 1. The van der Waals surface area contributed by atoms with Crippen molar-refractivity contribution in [2.75, 3.05) is 0 Å². The van der Waals surface area contributed by atoms with Gasteiger partial charge in [-0.2, -0.15) is 0 Å². The van der Waals surface area contributed by atoms with Crippen LogP contribution >= 0.6 is 0 Å². The van der Waals surface area contributed by atoms with Gasteiger partial charge in [-0.15, -0.1) is 0 Å². The highest BCUT2D eigenvalue weighted by molar-refractivity contribution is 6.02. The van der Waals surface area contributed by atoms with Gasteiger partial charge in [0.2, 0.25) is 0 Å². The Balaban J connectivity index is 2.38. The topological polar surface area (TPSA) is 98.2 Å². The number of aromatic nitrogens is 2. The van der Waals surface area contributed by atoms with Crippen LogP contribution in [0, 0.1) is 0 Å². The molecule has 3 N–H and O–H groups in total. The molecule has 0 spiro atoms. The van der Waals surface area contributed by atoms with Crippen LogP contribution < -0.4 is 11.3 Å². The van der Waals surface area contributed by atoms with Crippen LogP contribution in [0.4, 0.5) is 0 Å². The molecule has 0 saturated heterocycles. The third-order valence-electron chi connectivity index (χ3n) is 3.82. The molecule has 0 saturated carbocycles. The Hall–Kier alpha value is -3.15. The molecule has 0 fully saturated rings. The van der Waals surface area contributed by atoms with E-state index in [1.54, 1.807) is 31.5 Å². The molecule has 0 atom stereocenters. The number of carbonyl (C=O) groups excluding carboxylic acids is 1. The Morgan fingerprint density at radius 2 is 1.91 bits per heavy atom. The summed E-state index contributed by atoms with van der Waals surface area (Å²) >= 11 is 0. The highest BCUT2D eigenvalue weighted by Gasteiger charge is 2.20.